The van der Waals surface area contributed by atoms with Crippen molar-refractivity contribution in [2.24, 2.45) is 11.3 Å². The van der Waals surface area contributed by atoms with Gasteiger partial charge in [-0.15, -0.1) is 11.6 Å². The van der Waals surface area contributed by atoms with E-state index in [1.165, 1.54) is 6.42 Å². The minimum atomic E-state index is 0.0750. The lowest BCUT2D eigenvalue weighted by Crippen LogP contribution is -2.03. The van der Waals surface area contributed by atoms with Gasteiger partial charge in [-0.2, -0.15) is 0 Å². The number of anilines is 1. The highest BCUT2D eigenvalue weighted by Gasteiger charge is 2.50. The second-order valence-corrected chi connectivity index (χ2v) is 6.31. The van der Waals surface area contributed by atoms with E-state index >= 15 is 0 Å². The predicted molar refractivity (Wildman–Crippen MR) is 69.3 cm³/mol. The van der Waals surface area contributed by atoms with Crippen LogP contribution in [0.2, 0.25) is 0 Å². The molecule has 3 heteroatoms. The van der Waals surface area contributed by atoms with E-state index in [1.807, 2.05) is 12.1 Å². The van der Waals surface area contributed by atoms with Crippen molar-refractivity contribution in [1.29, 1.82) is 0 Å². The zero-order valence-electron chi connectivity index (χ0n) is 10.1. The molecule has 0 bridgehead atoms. The molecule has 1 amide bonds. The molecule has 1 fully saturated rings. The fourth-order valence-corrected chi connectivity index (χ4v) is 3.23. The molecule has 17 heavy (non-hydrogen) atoms. The van der Waals surface area contributed by atoms with Crippen LogP contribution in [0.25, 0.3) is 0 Å². The molecule has 3 rings (SSSR count). The minimum Gasteiger partial charge on any atom is -0.326 e. The van der Waals surface area contributed by atoms with Crippen molar-refractivity contribution >= 4 is 23.2 Å². The van der Waals surface area contributed by atoms with Crippen molar-refractivity contribution in [1.82, 2.24) is 0 Å². The number of hydrogen-bond acceptors (Lipinski definition) is 1. The van der Waals surface area contributed by atoms with Crippen LogP contribution >= 0.6 is 11.6 Å². The molecule has 1 aromatic carbocycles. The van der Waals surface area contributed by atoms with E-state index in [4.69, 9.17) is 11.6 Å². The lowest BCUT2D eigenvalue weighted by Gasteiger charge is -2.12. The first-order chi connectivity index (χ1) is 7.97. The third kappa shape index (κ3) is 1.85. The van der Waals surface area contributed by atoms with Gasteiger partial charge in [0.05, 0.1) is 11.8 Å². The molecule has 2 nitrogen and oxygen atoms in total. The fourth-order valence-electron chi connectivity index (χ4n) is 2.66. The van der Waals surface area contributed by atoms with Gasteiger partial charge in [0, 0.05) is 5.69 Å². The zero-order chi connectivity index (χ0) is 12.2. The van der Waals surface area contributed by atoms with Gasteiger partial charge < -0.3 is 5.32 Å². The highest BCUT2D eigenvalue weighted by Crippen LogP contribution is 2.60. The Morgan fingerprint density at radius 3 is 2.82 bits per heavy atom. The first kappa shape index (κ1) is 11.1. The third-order valence-electron chi connectivity index (χ3n) is 4.02. The average Bonchev–Trinajstić information content (AvgIpc) is 2.73. The van der Waals surface area contributed by atoms with E-state index in [2.05, 4.69) is 25.2 Å². The molecule has 1 N–H and O–H groups in total. The third-order valence-corrected chi connectivity index (χ3v) is 4.57. The summed E-state index contributed by atoms with van der Waals surface area (Å²) >= 11 is 6.52. The van der Waals surface area contributed by atoms with E-state index in [1.54, 1.807) is 0 Å². The number of amides is 1. The number of fused-ring (bicyclic) bond motifs is 1. The van der Waals surface area contributed by atoms with Crippen LogP contribution in [0.5, 0.6) is 0 Å². The van der Waals surface area contributed by atoms with Gasteiger partial charge >= 0.3 is 0 Å². The van der Waals surface area contributed by atoms with Crippen LogP contribution in [0.15, 0.2) is 18.2 Å². The van der Waals surface area contributed by atoms with Gasteiger partial charge in [0.15, 0.2) is 0 Å². The van der Waals surface area contributed by atoms with E-state index in [0.717, 1.165) is 16.8 Å². The second-order valence-electron chi connectivity index (χ2n) is 5.84. The normalized spacial score (nSPS) is 26.3. The summed E-state index contributed by atoms with van der Waals surface area (Å²) < 4.78 is 0. The molecule has 1 aromatic rings. The molecule has 1 saturated carbocycles. The Kier molecular flexibility index (Phi) is 2.27. The first-order valence-corrected chi connectivity index (χ1v) is 6.48. The van der Waals surface area contributed by atoms with Gasteiger partial charge in [-0.1, -0.05) is 26.0 Å². The average molecular weight is 250 g/mol. The summed E-state index contributed by atoms with van der Waals surface area (Å²) in [6.07, 6.45) is 1.68. The minimum absolute atomic E-state index is 0.0750. The maximum Gasteiger partial charge on any atom is 0.228 e. The number of carbonyl (C=O) groups excluding carboxylic acids is 1. The van der Waals surface area contributed by atoms with Crippen LogP contribution in [0.3, 0.4) is 0 Å². The number of hydrogen-bond donors (Lipinski definition) is 1. The summed E-state index contributed by atoms with van der Waals surface area (Å²) in [4.78, 5) is 11.3. The molecule has 2 unspecified atom stereocenters. The van der Waals surface area contributed by atoms with Crippen molar-refractivity contribution in [3.8, 4) is 0 Å². The lowest BCUT2D eigenvalue weighted by molar-refractivity contribution is -0.115. The topological polar surface area (TPSA) is 29.1 Å². The van der Waals surface area contributed by atoms with Crippen molar-refractivity contribution in [3.63, 3.8) is 0 Å². The van der Waals surface area contributed by atoms with Crippen LogP contribution in [0.1, 0.15) is 36.8 Å². The molecular weight excluding hydrogens is 234 g/mol. The molecule has 2 aliphatic rings. The van der Waals surface area contributed by atoms with Crippen LogP contribution in [-0.4, -0.2) is 5.91 Å². The monoisotopic (exact) mass is 249 g/mol. The molecule has 1 aliphatic carbocycles. The molecule has 0 aromatic heterocycles. The van der Waals surface area contributed by atoms with Crippen LogP contribution in [0, 0.1) is 11.3 Å². The zero-order valence-corrected chi connectivity index (χ0v) is 10.8. The SMILES string of the molecule is CC1(C)CC1C(Cl)c1ccc2c(c1)CC(=O)N2. The van der Waals surface area contributed by atoms with Crippen molar-refractivity contribution in [2.75, 3.05) is 5.32 Å². The summed E-state index contributed by atoms with van der Waals surface area (Å²) in [5.41, 5.74) is 3.55. The van der Waals surface area contributed by atoms with Crippen molar-refractivity contribution in [3.05, 3.63) is 29.3 Å². The summed E-state index contributed by atoms with van der Waals surface area (Å²) in [6.45, 7) is 4.51. The highest BCUT2D eigenvalue weighted by atomic mass is 35.5. The van der Waals surface area contributed by atoms with Crippen molar-refractivity contribution < 1.29 is 4.79 Å². The second kappa shape index (κ2) is 3.49. The van der Waals surface area contributed by atoms with Crippen LogP contribution < -0.4 is 5.32 Å². The largest absolute Gasteiger partial charge is 0.326 e. The number of nitrogens with one attached hydrogen (secondary N) is 1. The Balaban J connectivity index is 1.86. The maximum atomic E-state index is 11.3. The van der Waals surface area contributed by atoms with Gasteiger partial charge in [-0.25, -0.2) is 0 Å². The molecular formula is C14H16ClNO. The van der Waals surface area contributed by atoms with Gasteiger partial charge in [0.2, 0.25) is 5.91 Å². The van der Waals surface area contributed by atoms with Gasteiger partial charge in [-0.3, -0.25) is 4.79 Å². The molecule has 0 saturated heterocycles. The molecule has 1 aliphatic heterocycles. The van der Waals surface area contributed by atoms with Gasteiger partial charge in [0.25, 0.3) is 0 Å². The summed E-state index contributed by atoms with van der Waals surface area (Å²) in [6, 6.07) is 6.09. The molecule has 0 spiro atoms. The molecule has 1 heterocycles. The summed E-state index contributed by atoms with van der Waals surface area (Å²) in [5, 5.41) is 2.92. The number of rotatable bonds is 2. The molecule has 2 atom stereocenters. The van der Waals surface area contributed by atoms with Gasteiger partial charge in [0.1, 0.15) is 0 Å². The predicted octanol–water partition coefficient (Wildman–Crippen LogP) is 3.51. The van der Waals surface area contributed by atoms with E-state index in [9.17, 15) is 4.79 Å². The maximum absolute atomic E-state index is 11.3. The number of benzene rings is 1. The van der Waals surface area contributed by atoms with Crippen molar-refractivity contribution in [2.45, 2.75) is 32.1 Å². The van der Waals surface area contributed by atoms with E-state index in [0.29, 0.717) is 17.8 Å². The van der Waals surface area contributed by atoms with Crippen LogP contribution in [0.4, 0.5) is 5.69 Å². The lowest BCUT2D eigenvalue weighted by atomic mass is 9.99. The highest BCUT2D eigenvalue weighted by molar-refractivity contribution is 6.21. The quantitative estimate of drug-likeness (QED) is 0.799. The number of halogens is 1. The Labute approximate surface area is 106 Å². The first-order valence-electron chi connectivity index (χ1n) is 6.04. The van der Waals surface area contributed by atoms with E-state index in [-0.39, 0.29) is 11.3 Å². The van der Waals surface area contributed by atoms with Gasteiger partial charge in [-0.05, 0) is 34.9 Å². The summed E-state index contributed by atoms with van der Waals surface area (Å²) in [7, 11) is 0. The number of alkyl halides is 1. The fraction of sp³-hybridized carbons (Fsp3) is 0.500. The molecule has 0 radical (unpaired) electrons. The Morgan fingerprint density at radius 1 is 1.47 bits per heavy atom. The standard InChI is InChI=1S/C14H16ClNO/c1-14(2)7-10(14)13(15)8-3-4-11-9(5-8)6-12(17)16-11/h3-5,10,13H,6-7H2,1-2H3,(H,16,17). The number of carbonyl (C=O) groups is 1. The van der Waals surface area contributed by atoms with E-state index < -0.39 is 0 Å². The smallest absolute Gasteiger partial charge is 0.228 e. The Bertz CT molecular complexity index is 495. The Hall–Kier alpha value is -1.02. The molecule has 90 valence electrons. The Morgan fingerprint density at radius 2 is 2.18 bits per heavy atom. The summed E-state index contributed by atoms with van der Waals surface area (Å²) in [5.74, 6) is 0.641. The van der Waals surface area contributed by atoms with Crippen LogP contribution in [-0.2, 0) is 11.2 Å².